The molecule has 0 bridgehead atoms. The number of hydrogen-bond donors (Lipinski definition) is 1. The van der Waals surface area contributed by atoms with Crippen molar-refractivity contribution >= 4 is 23.5 Å². The van der Waals surface area contributed by atoms with Crippen molar-refractivity contribution in [2.75, 3.05) is 6.54 Å². The van der Waals surface area contributed by atoms with Crippen LogP contribution in [0.4, 0.5) is 4.39 Å². The number of nitrogens with zero attached hydrogens (tertiary/aromatic N) is 3. The lowest BCUT2D eigenvalue weighted by atomic mass is 10.00. The lowest BCUT2D eigenvalue weighted by molar-refractivity contribution is 0.399. The summed E-state index contributed by atoms with van der Waals surface area (Å²) < 4.78 is 22.1. The highest BCUT2D eigenvalue weighted by Gasteiger charge is 2.27. The number of alkyl halides is 1. The number of halogens is 2. The monoisotopic (exact) mass is 428 g/mol. The van der Waals surface area contributed by atoms with Gasteiger partial charge in [0.25, 0.3) is 0 Å². The summed E-state index contributed by atoms with van der Waals surface area (Å²) in [5.74, 6) is 1.79. The van der Waals surface area contributed by atoms with Crippen LogP contribution in [0, 0.1) is 0 Å². The third-order valence-electron chi connectivity index (χ3n) is 5.48. The van der Waals surface area contributed by atoms with E-state index in [1.807, 2.05) is 38.2 Å². The summed E-state index contributed by atoms with van der Waals surface area (Å²) >= 11 is 6.28. The molecule has 30 heavy (non-hydrogen) atoms. The van der Waals surface area contributed by atoms with Crippen LogP contribution >= 0.6 is 11.6 Å². The lowest BCUT2D eigenvalue weighted by Gasteiger charge is -2.16. The number of aromatic nitrogens is 2. The summed E-state index contributed by atoms with van der Waals surface area (Å²) in [4.78, 5) is 4.63. The number of rotatable bonds is 6. The highest BCUT2D eigenvalue weighted by molar-refractivity contribution is 6.30. The average Bonchev–Trinajstić information content (AvgIpc) is 3.50. The Morgan fingerprint density at radius 3 is 2.87 bits per heavy atom. The van der Waals surface area contributed by atoms with Crippen LogP contribution in [0.15, 0.2) is 46.5 Å². The van der Waals surface area contributed by atoms with Crippen LogP contribution in [-0.2, 0) is 7.05 Å². The minimum absolute atomic E-state index is 0.0605. The molecule has 2 aromatic rings. The molecule has 158 valence electrons. The molecule has 5 nitrogen and oxygen atoms in total. The molecule has 1 saturated carbocycles. The Hall–Kier alpha value is -2.44. The standard InChI is InChI=1S/C23H26ClFN4O/c1-14-4-3-5-16(19(25)12-26)13-27-23(14)18-9-8-17(24)10-21(18)30-22-11-20(15-6-7-15)28-29(22)2/h5,8-11,13,15,19H,3-4,6-7,12,26H2,1-2H3/b16-5+,23-14-,27-13+/t19-/m1/s1. The predicted octanol–water partition coefficient (Wildman–Crippen LogP) is 5.56. The van der Waals surface area contributed by atoms with Crippen LogP contribution in [-0.4, -0.2) is 28.7 Å². The quantitative estimate of drug-likeness (QED) is 0.654. The fraction of sp³-hybridized carbons (Fsp3) is 0.391. The van der Waals surface area contributed by atoms with Gasteiger partial charge in [-0.25, -0.2) is 9.07 Å². The number of allylic oxidation sites excluding steroid dienone is 2. The molecule has 0 spiro atoms. The van der Waals surface area contributed by atoms with Gasteiger partial charge in [-0.2, -0.15) is 5.10 Å². The second kappa shape index (κ2) is 8.74. The molecule has 1 aliphatic heterocycles. The maximum atomic E-state index is 14.1. The Morgan fingerprint density at radius 2 is 2.13 bits per heavy atom. The van der Waals surface area contributed by atoms with E-state index in [9.17, 15) is 4.39 Å². The van der Waals surface area contributed by atoms with E-state index in [-0.39, 0.29) is 6.54 Å². The zero-order valence-corrected chi connectivity index (χ0v) is 18.0. The molecule has 2 N–H and O–H groups in total. The molecule has 0 amide bonds. The summed E-state index contributed by atoms with van der Waals surface area (Å²) in [5, 5.41) is 5.14. The van der Waals surface area contributed by atoms with Crippen molar-refractivity contribution in [2.24, 2.45) is 17.8 Å². The van der Waals surface area contributed by atoms with Crippen LogP contribution in [0.3, 0.4) is 0 Å². The molecular formula is C23H26ClFN4O. The Labute approximate surface area is 181 Å². The number of ether oxygens (including phenoxy) is 1. The van der Waals surface area contributed by atoms with Crippen molar-refractivity contribution in [3.63, 3.8) is 0 Å². The normalized spacial score (nSPS) is 23.3. The molecule has 0 radical (unpaired) electrons. The lowest BCUT2D eigenvalue weighted by Crippen LogP contribution is -2.18. The first-order valence-corrected chi connectivity index (χ1v) is 10.6. The van der Waals surface area contributed by atoms with E-state index in [1.165, 1.54) is 12.8 Å². The van der Waals surface area contributed by atoms with Crippen molar-refractivity contribution in [1.29, 1.82) is 0 Å². The predicted molar refractivity (Wildman–Crippen MR) is 119 cm³/mol. The second-order valence-corrected chi connectivity index (χ2v) is 8.32. The summed E-state index contributed by atoms with van der Waals surface area (Å²) in [6.45, 7) is 1.98. The topological polar surface area (TPSA) is 65.4 Å². The summed E-state index contributed by atoms with van der Waals surface area (Å²) in [6.07, 6.45) is 6.07. The Bertz CT molecular complexity index is 1040. The summed E-state index contributed by atoms with van der Waals surface area (Å²) in [5.41, 5.74) is 9.75. The van der Waals surface area contributed by atoms with Crippen LogP contribution in [0.5, 0.6) is 11.6 Å². The Balaban J connectivity index is 1.70. The van der Waals surface area contributed by atoms with Crippen LogP contribution in [0.1, 0.15) is 49.8 Å². The van der Waals surface area contributed by atoms with E-state index in [1.54, 1.807) is 17.0 Å². The van der Waals surface area contributed by atoms with Crippen LogP contribution in [0.25, 0.3) is 5.70 Å². The maximum absolute atomic E-state index is 14.1. The molecular weight excluding hydrogens is 403 g/mol. The van der Waals surface area contributed by atoms with Crippen LogP contribution in [0.2, 0.25) is 5.02 Å². The van der Waals surface area contributed by atoms with Crippen molar-refractivity contribution in [1.82, 2.24) is 9.78 Å². The van der Waals surface area contributed by atoms with Gasteiger partial charge in [0.1, 0.15) is 11.9 Å². The van der Waals surface area contributed by atoms with Gasteiger partial charge in [0.2, 0.25) is 5.88 Å². The number of hydrogen-bond acceptors (Lipinski definition) is 4. The number of benzene rings is 1. The molecule has 4 rings (SSSR count). The van der Waals surface area contributed by atoms with E-state index >= 15 is 0 Å². The van der Waals surface area contributed by atoms with Crippen molar-refractivity contribution in [3.8, 4) is 11.6 Å². The minimum atomic E-state index is -1.22. The first-order valence-electron chi connectivity index (χ1n) is 10.3. The fourth-order valence-electron chi connectivity index (χ4n) is 3.55. The zero-order valence-electron chi connectivity index (χ0n) is 17.2. The molecule has 2 heterocycles. The van der Waals surface area contributed by atoms with E-state index in [0.717, 1.165) is 35.4 Å². The molecule has 1 aromatic heterocycles. The molecule has 1 aliphatic carbocycles. The van der Waals surface area contributed by atoms with Gasteiger partial charge < -0.3 is 10.5 Å². The van der Waals surface area contributed by atoms with Gasteiger partial charge in [-0.05, 0) is 50.3 Å². The van der Waals surface area contributed by atoms with Crippen molar-refractivity contribution in [2.45, 2.75) is 44.7 Å². The van der Waals surface area contributed by atoms with Crippen molar-refractivity contribution < 1.29 is 9.13 Å². The molecule has 7 heteroatoms. The van der Waals surface area contributed by atoms with E-state index < -0.39 is 6.17 Å². The van der Waals surface area contributed by atoms with Gasteiger partial charge in [-0.15, -0.1) is 0 Å². The summed E-state index contributed by atoms with van der Waals surface area (Å²) in [6, 6.07) is 7.48. The second-order valence-electron chi connectivity index (χ2n) is 7.88. The highest BCUT2D eigenvalue weighted by atomic mass is 35.5. The largest absolute Gasteiger partial charge is 0.439 e. The van der Waals surface area contributed by atoms with Gasteiger partial charge in [0.05, 0.1) is 11.4 Å². The molecule has 0 unspecified atom stereocenters. The van der Waals surface area contributed by atoms with Gasteiger partial charge >= 0.3 is 0 Å². The summed E-state index contributed by atoms with van der Waals surface area (Å²) in [7, 11) is 1.87. The van der Waals surface area contributed by atoms with Gasteiger partial charge in [-0.3, -0.25) is 4.99 Å². The SMILES string of the molecule is C/C1=C(c2ccc(Cl)cc2Oc2cc(C3CC3)nn2C)/N=C/C([C@H](F)CN)=C\CC1. The minimum Gasteiger partial charge on any atom is -0.439 e. The molecule has 1 aromatic carbocycles. The van der Waals surface area contributed by atoms with Gasteiger partial charge in [0, 0.05) is 54.0 Å². The molecule has 0 saturated heterocycles. The Kier molecular flexibility index (Phi) is 6.06. The maximum Gasteiger partial charge on any atom is 0.217 e. The van der Waals surface area contributed by atoms with Gasteiger partial charge in [0.15, 0.2) is 0 Å². The Morgan fingerprint density at radius 1 is 1.33 bits per heavy atom. The van der Waals surface area contributed by atoms with E-state index in [4.69, 9.17) is 22.1 Å². The smallest absolute Gasteiger partial charge is 0.217 e. The third kappa shape index (κ3) is 4.50. The fourth-order valence-corrected chi connectivity index (χ4v) is 3.72. The van der Waals surface area contributed by atoms with E-state index in [2.05, 4.69) is 10.1 Å². The molecule has 2 aliphatic rings. The number of nitrogens with two attached hydrogens (primary N) is 1. The highest BCUT2D eigenvalue weighted by Crippen LogP contribution is 2.42. The van der Waals surface area contributed by atoms with Gasteiger partial charge in [-0.1, -0.05) is 17.7 Å². The first kappa shape index (κ1) is 20.8. The number of aryl methyl sites for hydroxylation is 1. The third-order valence-corrected chi connectivity index (χ3v) is 5.71. The molecule has 1 atom stereocenters. The first-order chi connectivity index (χ1) is 14.5. The van der Waals surface area contributed by atoms with Crippen molar-refractivity contribution in [3.05, 3.63) is 57.8 Å². The van der Waals surface area contributed by atoms with Crippen LogP contribution < -0.4 is 10.5 Å². The average molecular weight is 429 g/mol. The molecule has 1 fully saturated rings. The number of aliphatic imine (C=N–C) groups is 1. The van der Waals surface area contributed by atoms with E-state index in [0.29, 0.717) is 28.1 Å². The zero-order chi connectivity index (χ0) is 21.3.